The lowest BCUT2D eigenvalue weighted by Gasteiger charge is -2.29. The second-order valence-electron chi connectivity index (χ2n) is 9.53. The van der Waals surface area contributed by atoms with Gasteiger partial charge in [0.25, 0.3) is 0 Å². The Morgan fingerprint density at radius 2 is 1.88 bits per heavy atom. The van der Waals surface area contributed by atoms with Crippen molar-refractivity contribution in [2.45, 2.75) is 32.0 Å². The minimum absolute atomic E-state index is 0.149. The molecular formula is C29H33N3O8. The van der Waals surface area contributed by atoms with Crippen molar-refractivity contribution in [2.24, 2.45) is 0 Å². The van der Waals surface area contributed by atoms with Crippen LogP contribution in [0.4, 0.5) is 10.5 Å². The molecule has 2 aliphatic rings. The number of rotatable bonds is 11. The van der Waals surface area contributed by atoms with E-state index in [-0.39, 0.29) is 45.0 Å². The number of nitrogens with one attached hydrogen (secondary N) is 1. The van der Waals surface area contributed by atoms with E-state index in [1.54, 1.807) is 42.5 Å². The average molecular weight is 552 g/mol. The maximum absolute atomic E-state index is 13.8. The fourth-order valence-electron chi connectivity index (χ4n) is 4.70. The molecule has 0 saturated carbocycles. The van der Waals surface area contributed by atoms with E-state index in [2.05, 4.69) is 5.32 Å². The summed E-state index contributed by atoms with van der Waals surface area (Å²) in [5.41, 5.74) is 1.33. The van der Waals surface area contributed by atoms with Crippen LogP contribution in [0, 0.1) is 0 Å². The Kier molecular flexibility index (Phi) is 8.60. The number of carbonyl (C=O) groups is 2. The molecule has 0 spiro atoms. The maximum atomic E-state index is 13.8. The van der Waals surface area contributed by atoms with Crippen molar-refractivity contribution in [1.29, 1.82) is 0 Å². The van der Waals surface area contributed by atoms with Gasteiger partial charge in [0.2, 0.25) is 12.7 Å². The molecule has 3 aromatic rings. The number of ether oxygens (including phenoxy) is 5. The molecular weight excluding hydrogens is 518 g/mol. The van der Waals surface area contributed by atoms with Crippen molar-refractivity contribution in [3.05, 3.63) is 66.1 Å². The van der Waals surface area contributed by atoms with Crippen LogP contribution < -0.4 is 24.3 Å². The zero-order valence-corrected chi connectivity index (χ0v) is 22.6. The van der Waals surface area contributed by atoms with Gasteiger partial charge in [0.1, 0.15) is 23.8 Å². The molecule has 11 nitrogen and oxygen atoms in total. The van der Waals surface area contributed by atoms with Crippen molar-refractivity contribution in [3.63, 3.8) is 0 Å². The normalized spacial score (nSPS) is 15.5. The van der Waals surface area contributed by atoms with Gasteiger partial charge < -0.3 is 43.2 Å². The molecule has 2 aromatic carbocycles. The van der Waals surface area contributed by atoms with E-state index in [1.165, 1.54) is 12.0 Å². The lowest BCUT2D eigenvalue weighted by molar-refractivity contribution is -0.133. The number of amides is 3. The van der Waals surface area contributed by atoms with E-state index < -0.39 is 6.03 Å². The van der Waals surface area contributed by atoms with E-state index in [0.29, 0.717) is 41.1 Å². The Morgan fingerprint density at radius 3 is 2.62 bits per heavy atom. The van der Waals surface area contributed by atoms with Gasteiger partial charge in [-0.25, -0.2) is 4.79 Å². The topological polar surface area (TPSA) is 112 Å². The molecule has 3 heterocycles. The van der Waals surface area contributed by atoms with Crippen molar-refractivity contribution in [1.82, 2.24) is 9.80 Å². The second kappa shape index (κ2) is 12.6. The largest absolute Gasteiger partial charge is 0.497 e. The Labute approximate surface area is 232 Å². The molecule has 40 heavy (non-hydrogen) atoms. The van der Waals surface area contributed by atoms with Gasteiger partial charge in [-0.1, -0.05) is 6.07 Å². The van der Waals surface area contributed by atoms with E-state index in [1.807, 2.05) is 24.3 Å². The summed E-state index contributed by atoms with van der Waals surface area (Å²) in [4.78, 5) is 30.5. The number of urea groups is 1. The minimum atomic E-state index is -0.437. The van der Waals surface area contributed by atoms with E-state index in [9.17, 15) is 9.59 Å². The quantitative estimate of drug-likeness (QED) is 0.376. The van der Waals surface area contributed by atoms with Gasteiger partial charge in [-0.3, -0.25) is 4.79 Å². The number of fused-ring (bicyclic) bond motifs is 1. The molecule has 1 atom stereocenters. The summed E-state index contributed by atoms with van der Waals surface area (Å²) in [5, 5.41) is 2.89. The van der Waals surface area contributed by atoms with Gasteiger partial charge in [0.15, 0.2) is 11.5 Å². The zero-order valence-electron chi connectivity index (χ0n) is 22.6. The third kappa shape index (κ3) is 6.60. The summed E-state index contributed by atoms with van der Waals surface area (Å²) in [6, 6.07) is 13.8. The highest BCUT2D eigenvalue weighted by Crippen LogP contribution is 2.33. The van der Waals surface area contributed by atoms with E-state index in [0.717, 1.165) is 18.4 Å². The van der Waals surface area contributed by atoms with E-state index >= 15 is 0 Å². The average Bonchev–Trinajstić information content (AvgIpc) is 3.76. The molecule has 3 amide bonds. The molecule has 11 heteroatoms. The second-order valence-corrected chi connectivity index (χ2v) is 9.53. The van der Waals surface area contributed by atoms with Crippen LogP contribution in [-0.2, 0) is 22.6 Å². The third-order valence-electron chi connectivity index (χ3n) is 6.80. The van der Waals surface area contributed by atoms with Crippen molar-refractivity contribution >= 4 is 17.6 Å². The number of methoxy groups -OCH3 is 2. The van der Waals surface area contributed by atoms with Crippen LogP contribution in [-0.4, -0.2) is 68.6 Å². The van der Waals surface area contributed by atoms with Crippen molar-refractivity contribution in [2.75, 3.05) is 46.0 Å². The number of benzene rings is 2. The summed E-state index contributed by atoms with van der Waals surface area (Å²) < 4.78 is 32.9. The van der Waals surface area contributed by atoms with Crippen LogP contribution in [0.1, 0.15) is 24.2 Å². The first-order valence-corrected chi connectivity index (χ1v) is 13.1. The molecule has 5 rings (SSSR count). The fraction of sp³-hybridized carbons (Fsp3) is 0.379. The first kappa shape index (κ1) is 27.2. The Bertz CT molecular complexity index is 1310. The molecule has 212 valence electrons. The lowest BCUT2D eigenvalue weighted by atomic mass is 10.1. The minimum Gasteiger partial charge on any atom is -0.497 e. The number of nitrogens with zero attached hydrogens (tertiary/aromatic N) is 2. The predicted octanol–water partition coefficient (Wildman–Crippen LogP) is 4.27. The molecule has 2 aliphatic heterocycles. The van der Waals surface area contributed by atoms with Gasteiger partial charge in [0.05, 0.1) is 38.8 Å². The van der Waals surface area contributed by atoms with Gasteiger partial charge in [-0.2, -0.15) is 0 Å². The SMILES string of the molecule is COc1ccc(NC(=O)N(CC(=O)N(Cc2ccc3c(c2)OCO3)Cc2ccco2)CC2CCCO2)c(OC)c1. The Balaban J connectivity index is 1.35. The third-order valence-corrected chi connectivity index (χ3v) is 6.80. The lowest BCUT2D eigenvalue weighted by Crippen LogP contribution is -2.46. The standard InChI is InChI=1S/C29H33N3O8/c1-35-21-8-9-24(26(14-21)36-2)30-29(34)32(17-23-6-4-12-38-23)18-28(33)31(16-22-5-3-11-37-22)15-20-7-10-25-27(13-20)40-19-39-25/h3,5,7-11,13-14,23H,4,6,12,15-19H2,1-2H3,(H,30,34). The van der Waals surface area contributed by atoms with Crippen LogP contribution in [0.2, 0.25) is 0 Å². The Morgan fingerprint density at radius 1 is 1.00 bits per heavy atom. The first-order chi connectivity index (χ1) is 19.5. The maximum Gasteiger partial charge on any atom is 0.322 e. The van der Waals surface area contributed by atoms with Crippen LogP contribution in [0.25, 0.3) is 0 Å². The van der Waals surface area contributed by atoms with E-state index in [4.69, 9.17) is 28.1 Å². The highest BCUT2D eigenvalue weighted by molar-refractivity contribution is 5.93. The number of furan rings is 1. The summed E-state index contributed by atoms with van der Waals surface area (Å²) in [5.74, 6) is 2.73. The molecule has 1 N–H and O–H groups in total. The monoisotopic (exact) mass is 551 g/mol. The number of anilines is 1. The van der Waals surface area contributed by atoms with Crippen molar-refractivity contribution in [3.8, 4) is 23.0 Å². The number of carbonyl (C=O) groups excluding carboxylic acids is 2. The highest BCUT2D eigenvalue weighted by Gasteiger charge is 2.28. The molecule has 1 unspecified atom stereocenters. The summed E-state index contributed by atoms with van der Waals surface area (Å²) in [6.07, 6.45) is 3.15. The predicted molar refractivity (Wildman–Crippen MR) is 145 cm³/mol. The van der Waals surface area contributed by atoms with Crippen molar-refractivity contribution < 1.29 is 37.7 Å². The molecule has 0 aliphatic carbocycles. The molecule has 0 bridgehead atoms. The molecule has 1 saturated heterocycles. The fourth-order valence-corrected chi connectivity index (χ4v) is 4.70. The van der Waals surface area contributed by atoms with Crippen LogP contribution >= 0.6 is 0 Å². The van der Waals surface area contributed by atoms with Crippen LogP contribution in [0.3, 0.4) is 0 Å². The molecule has 0 radical (unpaired) electrons. The van der Waals surface area contributed by atoms with Crippen LogP contribution in [0.5, 0.6) is 23.0 Å². The number of hydrogen-bond donors (Lipinski definition) is 1. The summed E-state index contributed by atoms with van der Waals surface area (Å²) in [7, 11) is 3.07. The summed E-state index contributed by atoms with van der Waals surface area (Å²) >= 11 is 0. The number of hydrogen-bond acceptors (Lipinski definition) is 8. The molecule has 1 aromatic heterocycles. The van der Waals surface area contributed by atoms with Gasteiger partial charge in [-0.15, -0.1) is 0 Å². The first-order valence-electron chi connectivity index (χ1n) is 13.1. The Hall–Kier alpha value is -4.38. The summed E-state index contributed by atoms with van der Waals surface area (Å²) in [6.45, 7) is 1.44. The van der Waals surface area contributed by atoms with Gasteiger partial charge in [0, 0.05) is 25.8 Å². The van der Waals surface area contributed by atoms with Gasteiger partial charge in [-0.05, 0) is 54.8 Å². The molecule has 1 fully saturated rings. The van der Waals surface area contributed by atoms with Crippen LogP contribution in [0.15, 0.2) is 59.2 Å². The zero-order chi connectivity index (χ0) is 27.9. The van der Waals surface area contributed by atoms with Gasteiger partial charge >= 0.3 is 6.03 Å². The highest BCUT2D eigenvalue weighted by atomic mass is 16.7. The smallest absolute Gasteiger partial charge is 0.322 e.